The summed E-state index contributed by atoms with van der Waals surface area (Å²) in [6, 6.07) is 1.79. The van der Waals surface area contributed by atoms with Crippen LogP contribution in [0.25, 0.3) is 11.3 Å². The van der Waals surface area contributed by atoms with E-state index >= 15 is 0 Å². The Labute approximate surface area is 98.7 Å². The van der Waals surface area contributed by atoms with Gasteiger partial charge in [-0.3, -0.25) is 14.8 Å². The fourth-order valence-electron chi connectivity index (χ4n) is 1.58. The third-order valence-corrected chi connectivity index (χ3v) is 2.23. The van der Waals surface area contributed by atoms with Gasteiger partial charge < -0.3 is 0 Å². The van der Waals surface area contributed by atoms with Crippen LogP contribution in [0.5, 0.6) is 0 Å². The zero-order chi connectivity index (χ0) is 12.4. The van der Waals surface area contributed by atoms with Crippen LogP contribution in [0.3, 0.4) is 0 Å². The van der Waals surface area contributed by atoms with Crippen molar-refractivity contribution in [1.82, 2.24) is 19.7 Å². The molecule has 0 aromatic carbocycles. The van der Waals surface area contributed by atoms with Gasteiger partial charge in [0.25, 0.3) is 0 Å². The van der Waals surface area contributed by atoms with Crippen molar-refractivity contribution in [2.45, 2.75) is 13.8 Å². The summed E-state index contributed by atoms with van der Waals surface area (Å²) >= 11 is 0. The number of aromatic nitrogens is 4. The van der Waals surface area contributed by atoms with Crippen molar-refractivity contribution in [3.05, 3.63) is 24.2 Å². The van der Waals surface area contributed by atoms with Gasteiger partial charge in [-0.05, 0) is 13.0 Å². The van der Waals surface area contributed by atoms with Crippen LogP contribution in [0.1, 0.15) is 12.6 Å². The predicted molar refractivity (Wildman–Crippen MR) is 63.3 cm³/mol. The Morgan fingerprint density at radius 1 is 1.47 bits per heavy atom. The fourth-order valence-corrected chi connectivity index (χ4v) is 1.58. The largest absolute Gasteiger partial charge is 0.295 e. The van der Waals surface area contributed by atoms with E-state index in [4.69, 9.17) is 0 Å². The van der Waals surface area contributed by atoms with Crippen molar-refractivity contribution in [3.8, 4) is 11.3 Å². The normalized spacial score (nSPS) is 10.3. The smallest absolute Gasteiger partial charge is 0.229 e. The number of carbonyl (C=O) groups is 1. The minimum absolute atomic E-state index is 0.190. The molecule has 17 heavy (non-hydrogen) atoms. The van der Waals surface area contributed by atoms with Gasteiger partial charge in [0.05, 0.1) is 11.4 Å². The highest BCUT2D eigenvalue weighted by molar-refractivity contribution is 5.86. The first-order chi connectivity index (χ1) is 8.06. The van der Waals surface area contributed by atoms with E-state index in [0.717, 1.165) is 17.0 Å². The Kier molecular flexibility index (Phi) is 2.86. The van der Waals surface area contributed by atoms with Gasteiger partial charge >= 0.3 is 0 Å². The molecule has 0 aliphatic heterocycles. The quantitative estimate of drug-likeness (QED) is 0.841. The minimum Gasteiger partial charge on any atom is -0.295 e. The van der Waals surface area contributed by atoms with Crippen molar-refractivity contribution in [1.29, 1.82) is 0 Å². The summed E-state index contributed by atoms with van der Waals surface area (Å²) in [7, 11) is 1.85. The second-order valence-corrected chi connectivity index (χ2v) is 3.75. The topological polar surface area (TPSA) is 72.7 Å². The van der Waals surface area contributed by atoms with Crippen molar-refractivity contribution in [2.24, 2.45) is 7.05 Å². The molecule has 1 N–H and O–H groups in total. The number of aryl methyl sites for hydroxylation is 2. The molecule has 0 saturated carbocycles. The van der Waals surface area contributed by atoms with Crippen molar-refractivity contribution in [3.63, 3.8) is 0 Å². The molecule has 0 fully saturated rings. The van der Waals surface area contributed by atoms with Gasteiger partial charge in [0, 0.05) is 31.9 Å². The molecule has 0 aliphatic rings. The number of nitrogens with zero attached hydrogens (tertiary/aromatic N) is 4. The molecule has 88 valence electrons. The predicted octanol–water partition coefficient (Wildman–Crippen LogP) is 1.14. The van der Waals surface area contributed by atoms with Crippen LogP contribution < -0.4 is 5.32 Å². The summed E-state index contributed by atoms with van der Waals surface area (Å²) < 4.78 is 1.73. The molecule has 2 aromatic heterocycles. The first kappa shape index (κ1) is 11.3. The first-order valence-electron chi connectivity index (χ1n) is 5.17. The van der Waals surface area contributed by atoms with E-state index in [2.05, 4.69) is 20.4 Å². The summed E-state index contributed by atoms with van der Waals surface area (Å²) in [5.74, 6) is 0.114. The maximum atomic E-state index is 10.9. The third kappa shape index (κ3) is 2.47. The van der Waals surface area contributed by atoms with Gasteiger partial charge in [-0.1, -0.05) is 0 Å². The zero-order valence-electron chi connectivity index (χ0n) is 9.93. The molecule has 0 radical (unpaired) electrons. The molecule has 0 bridgehead atoms. The van der Waals surface area contributed by atoms with E-state index in [1.54, 1.807) is 16.9 Å². The second kappa shape index (κ2) is 4.32. The van der Waals surface area contributed by atoms with Gasteiger partial charge in [0.2, 0.25) is 11.9 Å². The van der Waals surface area contributed by atoms with E-state index in [1.807, 2.05) is 20.2 Å². The number of hydrogen-bond acceptors (Lipinski definition) is 4. The van der Waals surface area contributed by atoms with Crippen LogP contribution in [0.2, 0.25) is 0 Å². The highest BCUT2D eigenvalue weighted by atomic mass is 16.1. The number of hydrogen-bond donors (Lipinski definition) is 1. The highest BCUT2D eigenvalue weighted by Crippen LogP contribution is 2.20. The standard InChI is InChI=1S/C11H13N5O/c1-7-9(6-16(3)15-7)10-4-5-12-11(14-10)13-8(2)17/h4-6H,1-3H3,(H,12,13,14,17). The molecular weight excluding hydrogens is 218 g/mol. The maximum Gasteiger partial charge on any atom is 0.229 e. The number of carbonyl (C=O) groups excluding carboxylic acids is 1. The number of nitrogens with one attached hydrogen (secondary N) is 1. The molecule has 0 aliphatic carbocycles. The lowest BCUT2D eigenvalue weighted by molar-refractivity contribution is -0.114. The summed E-state index contributed by atoms with van der Waals surface area (Å²) in [6.45, 7) is 3.33. The molecule has 1 amide bonds. The van der Waals surface area contributed by atoms with Gasteiger partial charge in [-0.2, -0.15) is 5.10 Å². The van der Waals surface area contributed by atoms with Gasteiger partial charge in [0.1, 0.15) is 0 Å². The Hall–Kier alpha value is -2.24. The van der Waals surface area contributed by atoms with Crippen molar-refractivity contribution in [2.75, 3.05) is 5.32 Å². The van der Waals surface area contributed by atoms with Crippen LogP contribution in [0.15, 0.2) is 18.5 Å². The van der Waals surface area contributed by atoms with Crippen molar-refractivity contribution >= 4 is 11.9 Å². The molecule has 0 unspecified atom stereocenters. The monoisotopic (exact) mass is 231 g/mol. The molecule has 6 heteroatoms. The summed E-state index contributed by atoms with van der Waals surface area (Å²) in [5, 5.41) is 6.80. The molecule has 0 atom stereocenters. The minimum atomic E-state index is -0.190. The fraction of sp³-hybridized carbons (Fsp3) is 0.273. The average molecular weight is 231 g/mol. The van der Waals surface area contributed by atoms with E-state index in [9.17, 15) is 4.79 Å². The number of rotatable bonds is 2. The summed E-state index contributed by atoms with van der Waals surface area (Å²) in [5.41, 5.74) is 2.57. The summed E-state index contributed by atoms with van der Waals surface area (Å²) in [4.78, 5) is 19.2. The third-order valence-electron chi connectivity index (χ3n) is 2.23. The van der Waals surface area contributed by atoms with Crippen LogP contribution in [-0.4, -0.2) is 25.7 Å². The summed E-state index contributed by atoms with van der Waals surface area (Å²) in [6.07, 6.45) is 3.50. The van der Waals surface area contributed by atoms with Crippen LogP contribution >= 0.6 is 0 Å². The van der Waals surface area contributed by atoms with Crippen molar-refractivity contribution < 1.29 is 4.79 Å². The van der Waals surface area contributed by atoms with Gasteiger partial charge in [0.15, 0.2) is 0 Å². The van der Waals surface area contributed by atoms with E-state index < -0.39 is 0 Å². The Morgan fingerprint density at radius 2 is 2.24 bits per heavy atom. The number of anilines is 1. The lowest BCUT2D eigenvalue weighted by Gasteiger charge is -2.02. The van der Waals surface area contributed by atoms with Crippen LogP contribution in [0.4, 0.5) is 5.95 Å². The molecule has 0 spiro atoms. The average Bonchev–Trinajstić information content (AvgIpc) is 2.57. The van der Waals surface area contributed by atoms with Gasteiger partial charge in [-0.25, -0.2) is 9.97 Å². The molecule has 0 saturated heterocycles. The zero-order valence-corrected chi connectivity index (χ0v) is 9.93. The molecule has 2 aromatic rings. The molecule has 2 rings (SSSR count). The SMILES string of the molecule is CC(=O)Nc1nccc(-c2cn(C)nc2C)n1. The second-order valence-electron chi connectivity index (χ2n) is 3.75. The van der Waals surface area contributed by atoms with E-state index in [0.29, 0.717) is 5.95 Å². The lowest BCUT2D eigenvalue weighted by atomic mass is 10.2. The van der Waals surface area contributed by atoms with Gasteiger partial charge in [-0.15, -0.1) is 0 Å². The molecular formula is C11H13N5O. The highest BCUT2D eigenvalue weighted by Gasteiger charge is 2.08. The van der Waals surface area contributed by atoms with Crippen LogP contribution in [0, 0.1) is 6.92 Å². The number of amides is 1. The first-order valence-corrected chi connectivity index (χ1v) is 5.17. The van der Waals surface area contributed by atoms with E-state index in [-0.39, 0.29) is 5.91 Å². The van der Waals surface area contributed by atoms with E-state index in [1.165, 1.54) is 6.92 Å². The molecule has 2 heterocycles. The lowest BCUT2D eigenvalue weighted by Crippen LogP contribution is -2.09. The Balaban J connectivity index is 2.39. The maximum absolute atomic E-state index is 10.9. The molecule has 6 nitrogen and oxygen atoms in total. The Morgan fingerprint density at radius 3 is 2.82 bits per heavy atom. The van der Waals surface area contributed by atoms with Crippen LogP contribution in [-0.2, 0) is 11.8 Å². The Bertz CT molecular complexity index is 561.